The number of Topliss-reactive ketones (excluding diaryl/α,β-unsaturated/α-hetero) is 1. The Balaban J connectivity index is 1.65. The number of carbonyl (C=O) groups is 1. The van der Waals surface area contributed by atoms with Gasteiger partial charge in [-0.2, -0.15) is 0 Å². The third-order valence-electron chi connectivity index (χ3n) is 6.51. The topological polar surface area (TPSA) is 72.2 Å². The zero-order valence-electron chi connectivity index (χ0n) is 19.3. The van der Waals surface area contributed by atoms with E-state index in [-0.39, 0.29) is 11.5 Å². The second kappa shape index (κ2) is 10.7. The van der Waals surface area contributed by atoms with Crippen LogP contribution in [0.5, 0.6) is 0 Å². The Hall–Kier alpha value is -2.79. The van der Waals surface area contributed by atoms with Gasteiger partial charge < -0.3 is 5.32 Å². The number of non-ortho nitro benzene ring substituents is 1. The number of hydrogen-bond donors (Lipinski definition) is 1. The number of nitro benzene ring substituents is 1. The third-order valence-corrected chi connectivity index (χ3v) is 6.51. The van der Waals surface area contributed by atoms with E-state index in [2.05, 4.69) is 26.1 Å². The van der Waals surface area contributed by atoms with E-state index in [0.29, 0.717) is 35.6 Å². The van der Waals surface area contributed by atoms with Gasteiger partial charge in [0, 0.05) is 36.7 Å². The highest BCUT2D eigenvalue weighted by molar-refractivity contribution is 6.25. The first-order chi connectivity index (χ1) is 15.2. The summed E-state index contributed by atoms with van der Waals surface area (Å²) in [6, 6.07) is 16.4. The fourth-order valence-electron chi connectivity index (χ4n) is 4.53. The lowest BCUT2D eigenvalue weighted by Gasteiger charge is -2.37. The molecule has 1 aliphatic carbocycles. The minimum absolute atomic E-state index is 0.0196. The zero-order valence-corrected chi connectivity index (χ0v) is 19.3. The Bertz CT molecular complexity index is 952. The molecule has 0 aromatic heterocycles. The van der Waals surface area contributed by atoms with Crippen LogP contribution in [0, 0.1) is 21.4 Å². The second-order valence-electron chi connectivity index (χ2n) is 9.82. The molecule has 0 bridgehead atoms. The van der Waals surface area contributed by atoms with Crippen LogP contribution in [-0.4, -0.2) is 23.3 Å². The van der Waals surface area contributed by atoms with Crippen LogP contribution in [0.4, 0.5) is 5.69 Å². The minimum Gasteiger partial charge on any atom is -0.314 e. The van der Waals surface area contributed by atoms with Gasteiger partial charge in [0.05, 0.1) is 4.92 Å². The van der Waals surface area contributed by atoms with E-state index < -0.39 is 4.92 Å². The standard InChI is InChI=1S/C27H34N2O3/c1-27(2,3)22-12-14-23(15-13-22)28-17-16-26(30)25(21-9-5-4-6-10-21)19-20-8-7-11-24(18-20)29(31)32/h4-11,18-19,22-23,28H,12-17H2,1-3H3/b25-19+. The lowest BCUT2D eigenvalue weighted by molar-refractivity contribution is -0.384. The lowest BCUT2D eigenvalue weighted by Crippen LogP contribution is -2.37. The highest BCUT2D eigenvalue weighted by Gasteiger charge is 2.29. The van der Waals surface area contributed by atoms with Crippen molar-refractivity contribution in [2.45, 2.75) is 58.9 Å². The van der Waals surface area contributed by atoms with Crippen molar-refractivity contribution in [3.8, 4) is 0 Å². The predicted molar refractivity (Wildman–Crippen MR) is 130 cm³/mol. The molecule has 5 heteroatoms. The molecule has 0 unspecified atom stereocenters. The summed E-state index contributed by atoms with van der Waals surface area (Å²) < 4.78 is 0. The van der Waals surface area contributed by atoms with Crippen molar-refractivity contribution in [3.63, 3.8) is 0 Å². The highest BCUT2D eigenvalue weighted by atomic mass is 16.6. The van der Waals surface area contributed by atoms with Gasteiger partial charge in [0.2, 0.25) is 0 Å². The minimum atomic E-state index is -0.417. The van der Waals surface area contributed by atoms with Crippen LogP contribution in [0.2, 0.25) is 0 Å². The molecule has 0 heterocycles. The van der Waals surface area contributed by atoms with E-state index in [1.807, 2.05) is 30.3 Å². The van der Waals surface area contributed by atoms with Crippen molar-refractivity contribution in [2.24, 2.45) is 11.3 Å². The molecule has 2 aromatic carbocycles. The summed E-state index contributed by atoms with van der Waals surface area (Å²) >= 11 is 0. The maximum absolute atomic E-state index is 13.1. The Morgan fingerprint density at radius 3 is 2.38 bits per heavy atom. The lowest BCUT2D eigenvalue weighted by atomic mass is 9.71. The van der Waals surface area contributed by atoms with Crippen molar-refractivity contribution in [1.29, 1.82) is 0 Å². The van der Waals surface area contributed by atoms with Crippen LogP contribution in [-0.2, 0) is 4.79 Å². The number of hydrogen-bond acceptors (Lipinski definition) is 4. The van der Waals surface area contributed by atoms with Crippen LogP contribution in [0.1, 0.15) is 64.0 Å². The molecule has 1 N–H and O–H groups in total. The van der Waals surface area contributed by atoms with Crippen LogP contribution < -0.4 is 5.32 Å². The number of nitro groups is 1. The van der Waals surface area contributed by atoms with E-state index in [1.165, 1.54) is 25.0 Å². The van der Waals surface area contributed by atoms with Gasteiger partial charge in [0.1, 0.15) is 0 Å². The number of rotatable bonds is 8. The second-order valence-corrected chi connectivity index (χ2v) is 9.82. The summed E-state index contributed by atoms with van der Waals surface area (Å²) in [5.41, 5.74) is 2.45. The molecule has 0 amide bonds. The van der Waals surface area contributed by atoms with Crippen LogP contribution in [0.15, 0.2) is 54.6 Å². The zero-order chi connectivity index (χ0) is 23.1. The molecule has 0 aliphatic heterocycles. The van der Waals surface area contributed by atoms with Gasteiger partial charge in [-0.15, -0.1) is 0 Å². The van der Waals surface area contributed by atoms with Crippen molar-refractivity contribution < 1.29 is 9.72 Å². The number of benzene rings is 2. The Morgan fingerprint density at radius 1 is 1.06 bits per heavy atom. The first-order valence-electron chi connectivity index (χ1n) is 11.5. The quantitative estimate of drug-likeness (QED) is 0.229. The van der Waals surface area contributed by atoms with Crippen LogP contribution in [0.25, 0.3) is 11.6 Å². The molecule has 0 atom stereocenters. The molecule has 1 fully saturated rings. The Labute approximate surface area is 191 Å². The number of allylic oxidation sites excluding steroid dienone is 1. The highest BCUT2D eigenvalue weighted by Crippen LogP contribution is 2.37. The normalized spacial score (nSPS) is 19.5. The average molecular weight is 435 g/mol. The van der Waals surface area contributed by atoms with E-state index in [1.54, 1.807) is 18.2 Å². The fourth-order valence-corrected chi connectivity index (χ4v) is 4.53. The SMILES string of the molecule is CC(C)(C)C1CCC(NCCC(=O)/C(=C/c2cccc([N+](=O)[O-])c2)c2ccccc2)CC1. The van der Waals surface area contributed by atoms with Crippen molar-refractivity contribution >= 4 is 23.1 Å². The van der Waals surface area contributed by atoms with Gasteiger partial charge in [0.15, 0.2) is 5.78 Å². The van der Waals surface area contributed by atoms with E-state index in [9.17, 15) is 14.9 Å². The average Bonchev–Trinajstić information content (AvgIpc) is 2.78. The first-order valence-corrected chi connectivity index (χ1v) is 11.5. The van der Waals surface area contributed by atoms with Crippen molar-refractivity contribution in [1.82, 2.24) is 5.32 Å². The molecule has 0 saturated heterocycles. The molecule has 170 valence electrons. The Kier molecular flexibility index (Phi) is 7.97. The molecular weight excluding hydrogens is 400 g/mol. The molecule has 3 rings (SSSR count). The molecule has 2 aromatic rings. The van der Waals surface area contributed by atoms with Gasteiger partial charge in [-0.05, 0) is 54.2 Å². The van der Waals surface area contributed by atoms with Gasteiger partial charge in [0.25, 0.3) is 5.69 Å². The summed E-state index contributed by atoms with van der Waals surface area (Å²) in [4.78, 5) is 23.9. The molecule has 5 nitrogen and oxygen atoms in total. The van der Waals surface area contributed by atoms with Gasteiger partial charge in [-0.25, -0.2) is 0 Å². The van der Waals surface area contributed by atoms with Gasteiger partial charge in [-0.3, -0.25) is 14.9 Å². The van der Waals surface area contributed by atoms with E-state index >= 15 is 0 Å². The molecule has 1 saturated carbocycles. The van der Waals surface area contributed by atoms with Crippen molar-refractivity contribution in [2.75, 3.05) is 6.54 Å². The molecule has 0 spiro atoms. The smallest absolute Gasteiger partial charge is 0.270 e. The van der Waals surface area contributed by atoms with Crippen molar-refractivity contribution in [3.05, 3.63) is 75.8 Å². The maximum Gasteiger partial charge on any atom is 0.270 e. The van der Waals surface area contributed by atoms with E-state index in [0.717, 1.165) is 24.3 Å². The summed E-state index contributed by atoms with van der Waals surface area (Å²) in [5, 5.41) is 14.7. The number of carbonyl (C=O) groups excluding carboxylic acids is 1. The summed E-state index contributed by atoms with van der Waals surface area (Å²) in [7, 11) is 0. The monoisotopic (exact) mass is 434 g/mol. The van der Waals surface area contributed by atoms with Gasteiger partial charge in [-0.1, -0.05) is 63.2 Å². The number of ketones is 1. The van der Waals surface area contributed by atoms with Gasteiger partial charge >= 0.3 is 0 Å². The molecule has 32 heavy (non-hydrogen) atoms. The van der Waals surface area contributed by atoms with Crippen LogP contribution >= 0.6 is 0 Å². The Morgan fingerprint density at radius 2 is 1.75 bits per heavy atom. The summed E-state index contributed by atoms with van der Waals surface area (Å²) in [6.45, 7) is 7.61. The molecule has 1 aliphatic rings. The number of nitrogens with zero attached hydrogens (tertiary/aromatic N) is 1. The first kappa shape index (κ1) is 23.9. The summed E-state index contributed by atoms with van der Waals surface area (Å²) in [6.07, 6.45) is 6.94. The predicted octanol–water partition coefficient (Wildman–Crippen LogP) is 6.29. The van der Waals surface area contributed by atoms with Crippen LogP contribution in [0.3, 0.4) is 0 Å². The largest absolute Gasteiger partial charge is 0.314 e. The molecular formula is C27H34N2O3. The maximum atomic E-state index is 13.1. The number of nitrogens with one attached hydrogen (secondary N) is 1. The molecule has 0 radical (unpaired) electrons. The summed E-state index contributed by atoms with van der Waals surface area (Å²) in [5.74, 6) is 0.809. The third kappa shape index (κ3) is 6.60. The van der Waals surface area contributed by atoms with E-state index in [4.69, 9.17) is 0 Å². The fraction of sp³-hybridized carbons (Fsp3) is 0.444.